The van der Waals surface area contributed by atoms with Gasteiger partial charge in [-0.05, 0) is 35.7 Å². The molecule has 1 aliphatic rings. The molecule has 0 atom stereocenters. The summed E-state index contributed by atoms with van der Waals surface area (Å²) in [7, 11) is 0. The monoisotopic (exact) mass is 375 g/mol. The number of nitrogens with zero attached hydrogens (tertiary/aromatic N) is 2. The smallest absolute Gasteiger partial charge is 0.321 e. The molecule has 0 bridgehead atoms. The molecule has 0 unspecified atom stereocenters. The first kappa shape index (κ1) is 18.5. The van der Waals surface area contributed by atoms with Gasteiger partial charge in [0.05, 0.1) is 5.02 Å². The highest BCUT2D eigenvalue weighted by Crippen LogP contribution is 2.28. The Morgan fingerprint density at radius 3 is 2.46 bits per heavy atom. The van der Waals surface area contributed by atoms with Crippen LogP contribution in [0.1, 0.15) is 25.3 Å². The number of nitrogens with one attached hydrogen (secondary N) is 1. The van der Waals surface area contributed by atoms with Gasteiger partial charge in [-0.25, -0.2) is 9.18 Å². The summed E-state index contributed by atoms with van der Waals surface area (Å²) in [5, 5.41) is 2.78. The molecule has 138 valence electrons. The molecular weight excluding hydrogens is 353 g/mol. The molecule has 2 amide bonds. The maximum Gasteiger partial charge on any atom is 0.321 e. The fourth-order valence-electron chi connectivity index (χ4n) is 3.19. The van der Waals surface area contributed by atoms with E-state index in [2.05, 4.69) is 48.3 Å². The van der Waals surface area contributed by atoms with Crippen LogP contribution in [0, 0.1) is 5.82 Å². The van der Waals surface area contributed by atoms with Crippen LogP contribution < -0.4 is 10.2 Å². The molecule has 0 aliphatic carbocycles. The number of benzene rings is 2. The first-order valence-corrected chi connectivity index (χ1v) is 9.18. The Morgan fingerprint density at radius 2 is 1.81 bits per heavy atom. The molecule has 4 nitrogen and oxygen atoms in total. The van der Waals surface area contributed by atoms with Crippen LogP contribution in [0.5, 0.6) is 0 Å². The van der Waals surface area contributed by atoms with Crippen molar-refractivity contribution in [3.63, 3.8) is 0 Å². The number of carbonyl (C=O) groups is 1. The summed E-state index contributed by atoms with van der Waals surface area (Å²) in [4.78, 5) is 16.5. The van der Waals surface area contributed by atoms with Crippen LogP contribution >= 0.6 is 11.6 Å². The summed E-state index contributed by atoms with van der Waals surface area (Å²) in [6, 6.07) is 12.4. The second kappa shape index (κ2) is 7.96. The van der Waals surface area contributed by atoms with E-state index < -0.39 is 5.82 Å². The summed E-state index contributed by atoms with van der Waals surface area (Å²) >= 11 is 5.76. The zero-order valence-corrected chi connectivity index (χ0v) is 15.8. The molecule has 6 heteroatoms. The minimum absolute atomic E-state index is 0.00193. The van der Waals surface area contributed by atoms with Gasteiger partial charge < -0.3 is 15.1 Å². The summed E-state index contributed by atoms with van der Waals surface area (Å²) in [5.74, 6) is -0.0437. The maximum absolute atomic E-state index is 13.2. The molecule has 2 aromatic rings. The molecular formula is C20H23ClFN3O. The Bertz CT molecular complexity index is 788. The first-order chi connectivity index (χ1) is 12.5. The SMILES string of the molecule is CC(C)c1ccccc1N1CCN(C(=O)Nc2ccc(F)c(Cl)c2)CC1. The van der Waals surface area contributed by atoms with Gasteiger partial charge in [-0.15, -0.1) is 0 Å². The van der Waals surface area contributed by atoms with Gasteiger partial charge in [-0.1, -0.05) is 43.6 Å². The van der Waals surface area contributed by atoms with Crippen molar-refractivity contribution in [2.75, 3.05) is 36.4 Å². The Balaban J connectivity index is 1.61. The predicted molar refractivity (Wildman–Crippen MR) is 105 cm³/mol. The summed E-state index contributed by atoms with van der Waals surface area (Å²) in [6.45, 7) is 7.20. The fraction of sp³-hybridized carbons (Fsp3) is 0.350. The van der Waals surface area contributed by atoms with E-state index in [0.717, 1.165) is 13.1 Å². The van der Waals surface area contributed by atoms with Crippen molar-refractivity contribution < 1.29 is 9.18 Å². The van der Waals surface area contributed by atoms with Crippen molar-refractivity contribution in [1.29, 1.82) is 0 Å². The molecule has 0 radical (unpaired) electrons. The highest BCUT2D eigenvalue weighted by atomic mass is 35.5. The average Bonchev–Trinajstić information content (AvgIpc) is 2.65. The van der Waals surface area contributed by atoms with Crippen LogP contribution in [0.2, 0.25) is 5.02 Å². The molecule has 26 heavy (non-hydrogen) atoms. The molecule has 0 aromatic heterocycles. The van der Waals surface area contributed by atoms with Gasteiger partial charge in [0.2, 0.25) is 0 Å². The van der Waals surface area contributed by atoms with Crippen molar-refractivity contribution in [1.82, 2.24) is 4.90 Å². The highest BCUT2D eigenvalue weighted by molar-refractivity contribution is 6.31. The average molecular weight is 376 g/mol. The van der Waals surface area contributed by atoms with Gasteiger partial charge in [-0.3, -0.25) is 0 Å². The predicted octanol–water partition coefficient (Wildman–Crippen LogP) is 4.96. The number of urea groups is 1. The number of hydrogen-bond acceptors (Lipinski definition) is 2. The van der Waals surface area contributed by atoms with Crippen molar-refractivity contribution in [3.8, 4) is 0 Å². The molecule has 0 saturated carbocycles. The van der Waals surface area contributed by atoms with Crippen LogP contribution in [0.15, 0.2) is 42.5 Å². The minimum atomic E-state index is -0.498. The lowest BCUT2D eigenvalue weighted by Gasteiger charge is -2.37. The summed E-state index contributed by atoms with van der Waals surface area (Å²) in [6.07, 6.45) is 0. The number of rotatable bonds is 3. The highest BCUT2D eigenvalue weighted by Gasteiger charge is 2.23. The second-order valence-corrected chi connectivity index (χ2v) is 7.15. The largest absolute Gasteiger partial charge is 0.368 e. The number of anilines is 2. The van der Waals surface area contributed by atoms with E-state index in [0.29, 0.717) is 24.7 Å². The van der Waals surface area contributed by atoms with E-state index in [1.165, 1.54) is 29.4 Å². The van der Waals surface area contributed by atoms with E-state index >= 15 is 0 Å². The standard InChI is InChI=1S/C20H23ClFN3O/c1-14(2)16-5-3-4-6-19(16)24-9-11-25(12-10-24)20(26)23-15-7-8-18(22)17(21)13-15/h3-8,13-14H,9-12H2,1-2H3,(H,23,26). The van der Waals surface area contributed by atoms with Gasteiger partial charge in [0.15, 0.2) is 0 Å². The lowest BCUT2D eigenvalue weighted by atomic mass is 10.00. The fourth-order valence-corrected chi connectivity index (χ4v) is 3.37. The molecule has 3 rings (SSSR count). The van der Waals surface area contributed by atoms with E-state index in [4.69, 9.17) is 11.6 Å². The van der Waals surface area contributed by atoms with Crippen LogP contribution in [0.3, 0.4) is 0 Å². The van der Waals surface area contributed by atoms with Crippen molar-refractivity contribution in [2.24, 2.45) is 0 Å². The van der Waals surface area contributed by atoms with Crippen LogP contribution in [0.4, 0.5) is 20.6 Å². The summed E-state index contributed by atoms with van der Waals surface area (Å²) in [5.41, 5.74) is 3.06. The Labute approximate surface area is 158 Å². The Morgan fingerprint density at radius 1 is 1.12 bits per heavy atom. The lowest BCUT2D eigenvalue weighted by molar-refractivity contribution is 0.208. The van der Waals surface area contributed by atoms with Gasteiger partial charge in [0.25, 0.3) is 0 Å². The molecule has 2 aromatic carbocycles. The number of piperazine rings is 1. The van der Waals surface area contributed by atoms with Crippen LogP contribution in [0.25, 0.3) is 0 Å². The topological polar surface area (TPSA) is 35.6 Å². The lowest BCUT2D eigenvalue weighted by Crippen LogP contribution is -2.50. The zero-order chi connectivity index (χ0) is 18.7. The molecule has 1 heterocycles. The maximum atomic E-state index is 13.2. The van der Waals surface area contributed by atoms with Crippen molar-refractivity contribution >= 4 is 29.0 Å². The van der Waals surface area contributed by atoms with Gasteiger partial charge >= 0.3 is 6.03 Å². The van der Waals surface area contributed by atoms with E-state index in [1.807, 2.05) is 0 Å². The zero-order valence-electron chi connectivity index (χ0n) is 15.0. The molecule has 1 saturated heterocycles. The Hall–Kier alpha value is -2.27. The van der Waals surface area contributed by atoms with E-state index in [1.54, 1.807) is 4.90 Å². The van der Waals surface area contributed by atoms with Crippen LogP contribution in [-0.2, 0) is 0 Å². The molecule has 1 fully saturated rings. The third-order valence-electron chi connectivity index (χ3n) is 4.64. The third-order valence-corrected chi connectivity index (χ3v) is 4.93. The van der Waals surface area contributed by atoms with E-state index in [9.17, 15) is 9.18 Å². The number of para-hydroxylation sites is 1. The number of amides is 2. The first-order valence-electron chi connectivity index (χ1n) is 8.80. The second-order valence-electron chi connectivity index (χ2n) is 6.75. The number of carbonyl (C=O) groups excluding carboxylic acids is 1. The number of hydrogen-bond donors (Lipinski definition) is 1. The van der Waals surface area contributed by atoms with Crippen molar-refractivity contribution in [2.45, 2.75) is 19.8 Å². The van der Waals surface area contributed by atoms with Crippen LogP contribution in [-0.4, -0.2) is 37.1 Å². The van der Waals surface area contributed by atoms with Gasteiger partial charge in [0, 0.05) is 37.6 Å². The van der Waals surface area contributed by atoms with E-state index in [-0.39, 0.29) is 11.1 Å². The van der Waals surface area contributed by atoms with Gasteiger partial charge in [0.1, 0.15) is 5.82 Å². The van der Waals surface area contributed by atoms with Gasteiger partial charge in [-0.2, -0.15) is 0 Å². The molecule has 1 aliphatic heterocycles. The molecule has 0 spiro atoms. The normalized spacial score (nSPS) is 14.7. The van der Waals surface area contributed by atoms with Crippen molar-refractivity contribution in [3.05, 3.63) is 58.9 Å². The Kier molecular flexibility index (Phi) is 5.67. The third kappa shape index (κ3) is 4.10. The summed E-state index contributed by atoms with van der Waals surface area (Å²) < 4.78 is 13.2. The molecule has 1 N–H and O–H groups in total. The number of halogens is 2. The minimum Gasteiger partial charge on any atom is -0.368 e. The quantitative estimate of drug-likeness (QED) is 0.823.